The molecule has 0 aliphatic rings. The monoisotopic (exact) mass is 479 g/mol. The second-order valence-electron chi connectivity index (χ2n) is 6.04. The number of rotatable bonds is 8. The highest BCUT2D eigenvalue weighted by atomic mass is 79.9. The molecule has 5 nitrogen and oxygen atoms in total. The molecule has 3 aromatic rings. The van der Waals surface area contributed by atoms with Crippen LogP contribution in [0.1, 0.15) is 16.3 Å². The van der Waals surface area contributed by atoms with E-state index in [4.69, 9.17) is 16.3 Å². The Morgan fingerprint density at radius 2 is 1.86 bits per heavy atom. The van der Waals surface area contributed by atoms with Crippen LogP contribution in [0.15, 0.2) is 52.3 Å². The SMILES string of the molecule is Cc1nc(CNCc2ccc(OCC(=O)Nc3ccc(Cl)cc3)cc2)c(Br)s1. The molecule has 0 radical (unpaired) electrons. The van der Waals surface area contributed by atoms with Crippen LogP contribution in [-0.4, -0.2) is 17.5 Å². The molecule has 8 heteroatoms. The van der Waals surface area contributed by atoms with Crippen LogP contribution in [0.2, 0.25) is 5.02 Å². The van der Waals surface area contributed by atoms with Crippen LogP contribution in [0.25, 0.3) is 0 Å². The first-order chi connectivity index (χ1) is 13.5. The van der Waals surface area contributed by atoms with Crippen molar-refractivity contribution in [3.63, 3.8) is 0 Å². The van der Waals surface area contributed by atoms with Crippen molar-refractivity contribution in [2.75, 3.05) is 11.9 Å². The van der Waals surface area contributed by atoms with Crippen molar-refractivity contribution < 1.29 is 9.53 Å². The topological polar surface area (TPSA) is 63.3 Å². The lowest BCUT2D eigenvalue weighted by molar-refractivity contribution is -0.118. The van der Waals surface area contributed by atoms with Gasteiger partial charge in [0.15, 0.2) is 6.61 Å². The Labute approximate surface area is 181 Å². The molecule has 0 saturated heterocycles. The van der Waals surface area contributed by atoms with E-state index in [2.05, 4.69) is 31.5 Å². The van der Waals surface area contributed by atoms with Gasteiger partial charge >= 0.3 is 0 Å². The van der Waals surface area contributed by atoms with E-state index >= 15 is 0 Å². The summed E-state index contributed by atoms with van der Waals surface area (Å²) in [5, 5.41) is 7.80. The van der Waals surface area contributed by atoms with E-state index in [-0.39, 0.29) is 12.5 Å². The number of aryl methyl sites for hydroxylation is 1. The fraction of sp³-hybridized carbons (Fsp3) is 0.200. The number of aromatic nitrogens is 1. The third-order valence-corrected chi connectivity index (χ3v) is 5.80. The molecule has 1 amide bonds. The molecule has 0 fully saturated rings. The first kappa shape index (κ1) is 20.8. The van der Waals surface area contributed by atoms with Gasteiger partial charge in [-0.3, -0.25) is 4.79 Å². The van der Waals surface area contributed by atoms with E-state index in [0.29, 0.717) is 23.0 Å². The van der Waals surface area contributed by atoms with Crippen molar-refractivity contribution >= 4 is 50.5 Å². The quantitative estimate of drug-likeness (QED) is 0.467. The molecule has 0 spiro atoms. The van der Waals surface area contributed by atoms with Crippen LogP contribution in [0.5, 0.6) is 5.75 Å². The Balaban J connectivity index is 1.41. The average molecular weight is 481 g/mol. The van der Waals surface area contributed by atoms with Gasteiger partial charge < -0.3 is 15.4 Å². The fourth-order valence-corrected chi connectivity index (χ4v) is 4.17. The van der Waals surface area contributed by atoms with E-state index in [9.17, 15) is 4.79 Å². The summed E-state index contributed by atoms with van der Waals surface area (Å²) in [7, 11) is 0. The van der Waals surface area contributed by atoms with Crippen molar-refractivity contribution in [3.05, 3.63) is 73.6 Å². The number of halogens is 2. The number of anilines is 1. The third kappa shape index (κ3) is 6.31. The molecule has 3 rings (SSSR count). The maximum absolute atomic E-state index is 12.0. The first-order valence-corrected chi connectivity index (χ1v) is 10.6. The van der Waals surface area contributed by atoms with Gasteiger partial charge in [0.2, 0.25) is 0 Å². The number of hydrogen-bond acceptors (Lipinski definition) is 5. The predicted molar refractivity (Wildman–Crippen MR) is 117 cm³/mol. The molecular formula is C20H19BrClN3O2S. The largest absolute Gasteiger partial charge is 0.484 e. The van der Waals surface area contributed by atoms with E-state index in [1.54, 1.807) is 35.6 Å². The van der Waals surface area contributed by atoms with E-state index in [0.717, 1.165) is 26.6 Å². The molecule has 28 heavy (non-hydrogen) atoms. The average Bonchev–Trinajstić information content (AvgIpc) is 3.00. The highest BCUT2D eigenvalue weighted by Gasteiger charge is 2.06. The van der Waals surface area contributed by atoms with Crippen molar-refractivity contribution in [3.8, 4) is 5.75 Å². The summed E-state index contributed by atoms with van der Waals surface area (Å²) in [6.07, 6.45) is 0. The molecular weight excluding hydrogens is 462 g/mol. The van der Waals surface area contributed by atoms with Gasteiger partial charge in [0.25, 0.3) is 5.91 Å². The Morgan fingerprint density at radius 1 is 1.14 bits per heavy atom. The molecule has 0 aliphatic carbocycles. The Morgan fingerprint density at radius 3 is 2.50 bits per heavy atom. The summed E-state index contributed by atoms with van der Waals surface area (Å²) in [5.41, 5.74) is 2.83. The number of carbonyl (C=O) groups is 1. The second kappa shape index (κ2) is 10.0. The summed E-state index contributed by atoms with van der Waals surface area (Å²) < 4.78 is 6.61. The van der Waals surface area contributed by atoms with Gasteiger partial charge in [-0.25, -0.2) is 4.98 Å². The van der Waals surface area contributed by atoms with Crippen molar-refractivity contribution in [2.45, 2.75) is 20.0 Å². The number of hydrogen-bond donors (Lipinski definition) is 2. The standard InChI is InChI=1S/C20H19BrClN3O2S/c1-13-24-18(20(21)28-13)11-23-10-14-2-8-17(9-3-14)27-12-19(26)25-16-6-4-15(22)5-7-16/h2-9,23H,10-12H2,1H3,(H,25,26). The summed E-state index contributed by atoms with van der Waals surface area (Å²) in [5.74, 6) is 0.421. The zero-order chi connectivity index (χ0) is 19.9. The molecule has 0 aliphatic heterocycles. The summed E-state index contributed by atoms with van der Waals surface area (Å²) >= 11 is 11.0. The van der Waals surface area contributed by atoms with Crippen LogP contribution in [-0.2, 0) is 17.9 Å². The van der Waals surface area contributed by atoms with Gasteiger partial charge in [-0.05, 0) is 64.8 Å². The zero-order valence-electron chi connectivity index (χ0n) is 15.2. The molecule has 2 N–H and O–H groups in total. The number of ether oxygens (including phenoxy) is 1. The second-order valence-corrected chi connectivity index (χ2v) is 9.00. The smallest absolute Gasteiger partial charge is 0.262 e. The summed E-state index contributed by atoms with van der Waals surface area (Å²) in [6.45, 7) is 3.36. The number of nitrogens with zero attached hydrogens (tertiary/aromatic N) is 1. The van der Waals surface area contributed by atoms with Crippen LogP contribution < -0.4 is 15.4 Å². The summed E-state index contributed by atoms with van der Waals surface area (Å²) in [6, 6.07) is 14.6. The van der Waals surface area contributed by atoms with E-state index in [1.165, 1.54) is 0 Å². The fourth-order valence-electron chi connectivity index (χ4n) is 2.46. The van der Waals surface area contributed by atoms with Gasteiger partial charge in [0.1, 0.15) is 5.75 Å². The van der Waals surface area contributed by atoms with Gasteiger partial charge in [0, 0.05) is 23.8 Å². The zero-order valence-corrected chi connectivity index (χ0v) is 18.3. The first-order valence-electron chi connectivity index (χ1n) is 8.59. The minimum absolute atomic E-state index is 0.0581. The van der Waals surface area contributed by atoms with E-state index in [1.807, 2.05) is 31.2 Å². The molecule has 0 atom stereocenters. The molecule has 1 heterocycles. The lowest BCUT2D eigenvalue weighted by atomic mass is 10.2. The van der Waals surface area contributed by atoms with Crippen molar-refractivity contribution in [1.82, 2.24) is 10.3 Å². The number of nitrogens with one attached hydrogen (secondary N) is 2. The number of amides is 1. The van der Waals surface area contributed by atoms with Crippen LogP contribution >= 0.6 is 38.9 Å². The lowest BCUT2D eigenvalue weighted by Crippen LogP contribution is -2.20. The molecule has 1 aromatic heterocycles. The number of benzene rings is 2. The highest BCUT2D eigenvalue weighted by molar-refractivity contribution is 9.11. The number of thiazole rings is 1. The van der Waals surface area contributed by atoms with Gasteiger partial charge in [-0.2, -0.15) is 0 Å². The molecule has 146 valence electrons. The summed E-state index contributed by atoms with van der Waals surface area (Å²) in [4.78, 5) is 16.4. The van der Waals surface area contributed by atoms with Crippen molar-refractivity contribution in [2.24, 2.45) is 0 Å². The van der Waals surface area contributed by atoms with Crippen LogP contribution in [0, 0.1) is 6.92 Å². The lowest BCUT2D eigenvalue weighted by Gasteiger charge is -2.09. The van der Waals surface area contributed by atoms with Crippen LogP contribution in [0.4, 0.5) is 5.69 Å². The van der Waals surface area contributed by atoms with Gasteiger partial charge in [-0.15, -0.1) is 11.3 Å². The molecule has 0 bridgehead atoms. The maximum Gasteiger partial charge on any atom is 0.262 e. The maximum atomic E-state index is 12.0. The van der Waals surface area contributed by atoms with E-state index < -0.39 is 0 Å². The molecule has 2 aromatic carbocycles. The Hall–Kier alpha value is -1.93. The van der Waals surface area contributed by atoms with Crippen LogP contribution in [0.3, 0.4) is 0 Å². The van der Waals surface area contributed by atoms with Crippen molar-refractivity contribution in [1.29, 1.82) is 0 Å². The minimum Gasteiger partial charge on any atom is -0.484 e. The third-order valence-electron chi connectivity index (χ3n) is 3.80. The van der Waals surface area contributed by atoms with Gasteiger partial charge in [-0.1, -0.05) is 23.7 Å². The highest BCUT2D eigenvalue weighted by Crippen LogP contribution is 2.24. The predicted octanol–water partition coefficient (Wildman–Crippen LogP) is 5.17. The minimum atomic E-state index is -0.225. The van der Waals surface area contributed by atoms with Gasteiger partial charge in [0.05, 0.1) is 14.5 Å². The normalized spacial score (nSPS) is 10.7. The molecule has 0 unspecified atom stereocenters. The Kier molecular flexibility index (Phi) is 7.44. The number of carbonyl (C=O) groups excluding carboxylic acids is 1. The molecule has 0 saturated carbocycles. The Bertz CT molecular complexity index is 930.